The lowest BCUT2D eigenvalue weighted by Gasteiger charge is -2.70. The van der Waals surface area contributed by atoms with Crippen LogP contribution in [0.25, 0.3) is 0 Å². The SMILES string of the molecule is CC1(C)C2CC[C@]3(C)C(C(=O)C=C4[C@@H]5C[C@](C)(C(=O)OCc6ccccc6)CC[C@]5(C)CC[C@]43C)[C@@]2(C)CC[C@@H]1O. The quantitative estimate of drug-likeness (QED) is 0.380. The summed E-state index contributed by atoms with van der Waals surface area (Å²) >= 11 is 0. The number of allylic oxidation sites excluding steroid dienone is 2. The van der Waals surface area contributed by atoms with Gasteiger partial charge in [0, 0.05) is 5.92 Å². The zero-order valence-electron chi connectivity index (χ0n) is 26.5. The third-order valence-corrected chi connectivity index (χ3v) is 14.3. The van der Waals surface area contributed by atoms with E-state index in [0.29, 0.717) is 18.3 Å². The van der Waals surface area contributed by atoms with E-state index in [9.17, 15) is 14.7 Å². The molecule has 41 heavy (non-hydrogen) atoms. The number of aliphatic hydroxyl groups is 1. The van der Waals surface area contributed by atoms with Gasteiger partial charge in [-0.2, -0.15) is 0 Å². The molecule has 5 aliphatic rings. The molecular formula is C37H52O4. The number of hydrogen-bond acceptors (Lipinski definition) is 4. The van der Waals surface area contributed by atoms with Crippen molar-refractivity contribution in [1.82, 2.24) is 0 Å². The summed E-state index contributed by atoms with van der Waals surface area (Å²) in [6.07, 6.45) is 10.4. The first kappa shape index (κ1) is 29.1. The van der Waals surface area contributed by atoms with Crippen LogP contribution in [-0.4, -0.2) is 23.0 Å². The van der Waals surface area contributed by atoms with E-state index in [1.807, 2.05) is 30.3 Å². The summed E-state index contributed by atoms with van der Waals surface area (Å²) < 4.78 is 5.93. The fraction of sp³-hybridized carbons (Fsp3) is 0.730. The van der Waals surface area contributed by atoms with E-state index in [4.69, 9.17) is 4.74 Å². The Morgan fingerprint density at radius 2 is 1.59 bits per heavy atom. The normalized spacial score (nSPS) is 46.7. The first-order valence-electron chi connectivity index (χ1n) is 16.3. The number of aliphatic hydroxyl groups excluding tert-OH is 1. The van der Waals surface area contributed by atoms with Crippen LogP contribution in [0, 0.1) is 50.2 Å². The summed E-state index contributed by atoms with van der Waals surface area (Å²) in [5.74, 6) is 0.734. The van der Waals surface area contributed by atoms with Crippen molar-refractivity contribution in [3.63, 3.8) is 0 Å². The minimum Gasteiger partial charge on any atom is -0.460 e. The van der Waals surface area contributed by atoms with Crippen LogP contribution in [0.15, 0.2) is 42.0 Å². The lowest BCUT2D eigenvalue weighted by molar-refractivity contribution is -0.202. The Morgan fingerprint density at radius 3 is 2.29 bits per heavy atom. The smallest absolute Gasteiger partial charge is 0.312 e. The number of ketones is 1. The van der Waals surface area contributed by atoms with Crippen molar-refractivity contribution in [2.24, 2.45) is 50.2 Å². The van der Waals surface area contributed by atoms with E-state index in [1.54, 1.807) is 0 Å². The van der Waals surface area contributed by atoms with Crippen molar-refractivity contribution in [3.8, 4) is 0 Å². The molecule has 0 heterocycles. The second kappa shape index (κ2) is 9.28. The Balaban J connectivity index is 1.34. The van der Waals surface area contributed by atoms with Crippen molar-refractivity contribution in [2.75, 3.05) is 0 Å². The van der Waals surface area contributed by atoms with Crippen LogP contribution in [0.1, 0.15) is 112 Å². The van der Waals surface area contributed by atoms with E-state index < -0.39 is 5.41 Å². The molecular weight excluding hydrogens is 508 g/mol. The van der Waals surface area contributed by atoms with Crippen LogP contribution in [0.4, 0.5) is 0 Å². The second-order valence-electron chi connectivity index (χ2n) is 16.7. The average Bonchev–Trinajstić information content (AvgIpc) is 2.92. The zero-order chi connectivity index (χ0) is 29.6. The van der Waals surface area contributed by atoms with Crippen molar-refractivity contribution in [3.05, 3.63) is 47.5 Å². The maximum atomic E-state index is 14.5. The van der Waals surface area contributed by atoms with Crippen LogP contribution >= 0.6 is 0 Å². The van der Waals surface area contributed by atoms with Gasteiger partial charge in [-0.1, -0.05) is 77.4 Å². The van der Waals surface area contributed by atoms with Crippen LogP contribution in [0.2, 0.25) is 0 Å². The van der Waals surface area contributed by atoms with Crippen molar-refractivity contribution in [1.29, 1.82) is 0 Å². The molecule has 1 aromatic carbocycles. The first-order valence-corrected chi connectivity index (χ1v) is 16.3. The van der Waals surface area contributed by atoms with E-state index in [2.05, 4.69) is 54.5 Å². The third kappa shape index (κ3) is 4.01. The van der Waals surface area contributed by atoms with E-state index in [-0.39, 0.29) is 51.0 Å². The summed E-state index contributed by atoms with van der Waals surface area (Å²) in [5, 5.41) is 11.0. The molecule has 9 atom stereocenters. The largest absolute Gasteiger partial charge is 0.460 e. The molecule has 6 rings (SSSR count). The lowest BCUT2D eigenvalue weighted by Crippen LogP contribution is -2.66. The number of fused-ring (bicyclic) bond motifs is 7. The molecule has 5 aliphatic carbocycles. The van der Waals surface area contributed by atoms with Gasteiger partial charge >= 0.3 is 5.97 Å². The molecule has 0 radical (unpaired) electrons. The fourth-order valence-corrected chi connectivity index (χ4v) is 11.3. The van der Waals surface area contributed by atoms with Gasteiger partial charge in [-0.05, 0) is 115 Å². The highest BCUT2D eigenvalue weighted by Crippen LogP contribution is 2.75. The molecule has 0 saturated heterocycles. The standard InChI is InChI=1S/C37H52O4/c1-32(2)28-13-16-37(7)30(35(28,5)15-14-29(32)39)27(38)21-25-26-22-34(4,18-17-33(26,3)19-20-36(25,37)6)31(40)41-23-24-11-9-8-10-12-24/h8-12,21,26,28-30,39H,13-20,22-23H2,1-7H3/t26-,28?,29-,30?,33+,34+,35-,36+,37+/m0/s1. The second-order valence-corrected chi connectivity index (χ2v) is 16.7. The van der Waals surface area contributed by atoms with E-state index in [0.717, 1.165) is 63.4 Å². The van der Waals surface area contributed by atoms with Gasteiger partial charge in [-0.15, -0.1) is 0 Å². The summed E-state index contributed by atoms with van der Waals surface area (Å²) in [5.41, 5.74) is 1.40. The average molecular weight is 561 g/mol. The van der Waals surface area contributed by atoms with Gasteiger partial charge in [0.05, 0.1) is 11.5 Å². The monoisotopic (exact) mass is 560 g/mol. The summed E-state index contributed by atoms with van der Waals surface area (Å²) in [6, 6.07) is 9.93. The predicted molar refractivity (Wildman–Crippen MR) is 162 cm³/mol. The van der Waals surface area contributed by atoms with Gasteiger partial charge in [0.25, 0.3) is 0 Å². The minimum atomic E-state index is -0.550. The highest BCUT2D eigenvalue weighted by atomic mass is 16.5. The Morgan fingerprint density at radius 1 is 0.902 bits per heavy atom. The van der Waals surface area contributed by atoms with Gasteiger partial charge in [0.2, 0.25) is 0 Å². The molecule has 2 unspecified atom stereocenters. The van der Waals surface area contributed by atoms with E-state index >= 15 is 0 Å². The van der Waals surface area contributed by atoms with Gasteiger partial charge in [0.15, 0.2) is 5.78 Å². The fourth-order valence-electron chi connectivity index (χ4n) is 11.3. The van der Waals surface area contributed by atoms with Gasteiger partial charge in [-0.3, -0.25) is 9.59 Å². The molecule has 224 valence electrons. The molecule has 0 bridgehead atoms. The number of esters is 1. The Hall–Kier alpha value is -1.94. The molecule has 4 nitrogen and oxygen atoms in total. The molecule has 4 heteroatoms. The lowest BCUT2D eigenvalue weighted by atomic mass is 9.33. The molecule has 0 aliphatic heterocycles. The maximum Gasteiger partial charge on any atom is 0.312 e. The number of carbonyl (C=O) groups is 2. The number of hydrogen-bond donors (Lipinski definition) is 1. The maximum absolute atomic E-state index is 14.5. The molecule has 0 spiro atoms. The van der Waals surface area contributed by atoms with Crippen LogP contribution < -0.4 is 0 Å². The van der Waals surface area contributed by atoms with Crippen molar-refractivity contribution in [2.45, 2.75) is 119 Å². The predicted octanol–water partition coefficient (Wildman–Crippen LogP) is 8.07. The summed E-state index contributed by atoms with van der Waals surface area (Å²) in [4.78, 5) is 28.1. The molecule has 1 N–H and O–H groups in total. The highest BCUT2D eigenvalue weighted by molar-refractivity contribution is 5.95. The Labute approximate surface area is 247 Å². The Kier molecular flexibility index (Phi) is 6.60. The van der Waals surface area contributed by atoms with Crippen LogP contribution in [0.3, 0.4) is 0 Å². The Bertz CT molecular complexity index is 1260. The molecule has 1 aromatic rings. The topological polar surface area (TPSA) is 63.6 Å². The first-order chi connectivity index (χ1) is 19.1. The summed E-state index contributed by atoms with van der Waals surface area (Å²) in [7, 11) is 0. The van der Waals surface area contributed by atoms with Crippen molar-refractivity contribution >= 4 is 11.8 Å². The minimum absolute atomic E-state index is 0.0237. The molecule has 4 fully saturated rings. The zero-order valence-corrected chi connectivity index (χ0v) is 26.5. The van der Waals surface area contributed by atoms with Gasteiger partial charge < -0.3 is 9.84 Å². The van der Waals surface area contributed by atoms with Crippen molar-refractivity contribution < 1.29 is 19.4 Å². The number of benzene rings is 1. The summed E-state index contributed by atoms with van der Waals surface area (Å²) in [6.45, 7) is 16.5. The molecule has 0 aromatic heterocycles. The number of rotatable bonds is 3. The van der Waals surface area contributed by atoms with Gasteiger partial charge in [0.1, 0.15) is 6.61 Å². The van der Waals surface area contributed by atoms with E-state index in [1.165, 1.54) is 5.57 Å². The highest BCUT2D eigenvalue weighted by Gasteiger charge is 2.70. The van der Waals surface area contributed by atoms with Crippen LogP contribution in [0.5, 0.6) is 0 Å². The third-order valence-electron chi connectivity index (χ3n) is 14.3. The molecule has 0 amide bonds. The van der Waals surface area contributed by atoms with Crippen LogP contribution in [-0.2, 0) is 20.9 Å². The molecule has 4 saturated carbocycles. The number of ether oxygens (including phenoxy) is 1. The number of carbonyl (C=O) groups excluding carboxylic acids is 2. The van der Waals surface area contributed by atoms with Gasteiger partial charge in [-0.25, -0.2) is 0 Å².